The number of nitrogens with zero attached hydrogens (tertiary/aromatic N) is 1. The molecule has 0 saturated carbocycles. The third kappa shape index (κ3) is 11.1. The lowest BCUT2D eigenvalue weighted by Crippen LogP contribution is -2.51. The van der Waals surface area contributed by atoms with Crippen LogP contribution in [0.5, 0.6) is 0 Å². The van der Waals surface area contributed by atoms with Gasteiger partial charge in [-0.3, -0.25) is 4.79 Å². The SMILES string of the molecule is CS(N)(=O)=O.NCCCC[C@H](NC(=O)OCc1ccccc1)C(=O)N1CCC[C@H]1C(=O)O. The molecular formula is C20H32N4O7S. The summed E-state index contributed by atoms with van der Waals surface area (Å²) in [5.74, 6) is -1.40. The van der Waals surface area contributed by atoms with Crippen molar-refractivity contribution in [3.8, 4) is 0 Å². The molecule has 6 N–H and O–H groups in total. The zero-order valence-electron chi connectivity index (χ0n) is 18.1. The van der Waals surface area contributed by atoms with Crippen LogP contribution < -0.4 is 16.2 Å². The number of carbonyl (C=O) groups excluding carboxylic acids is 2. The van der Waals surface area contributed by atoms with Gasteiger partial charge in [0.05, 0.1) is 6.26 Å². The molecule has 2 rings (SSSR count). The molecule has 1 fully saturated rings. The first kappa shape index (κ1) is 27.3. The number of benzene rings is 1. The summed E-state index contributed by atoms with van der Waals surface area (Å²) in [5.41, 5.74) is 6.34. The van der Waals surface area contributed by atoms with E-state index < -0.39 is 34.2 Å². The third-order valence-electron chi connectivity index (χ3n) is 4.57. The molecule has 1 aliphatic rings. The second kappa shape index (κ2) is 13.7. The highest BCUT2D eigenvalue weighted by molar-refractivity contribution is 7.88. The van der Waals surface area contributed by atoms with Crippen molar-refractivity contribution in [1.29, 1.82) is 0 Å². The highest BCUT2D eigenvalue weighted by atomic mass is 32.2. The van der Waals surface area contributed by atoms with Crippen molar-refractivity contribution in [2.45, 2.75) is 50.8 Å². The minimum Gasteiger partial charge on any atom is -0.480 e. The van der Waals surface area contributed by atoms with Crippen LogP contribution in [0.3, 0.4) is 0 Å². The van der Waals surface area contributed by atoms with Gasteiger partial charge >= 0.3 is 12.1 Å². The van der Waals surface area contributed by atoms with Crippen LogP contribution in [0.4, 0.5) is 4.79 Å². The smallest absolute Gasteiger partial charge is 0.408 e. The average molecular weight is 473 g/mol. The van der Waals surface area contributed by atoms with E-state index in [1.807, 2.05) is 30.3 Å². The standard InChI is InChI=1S/C19H27N3O5.CH5NO2S/c20-11-5-4-9-15(17(23)22-12-6-10-16(22)18(24)25)21-19(26)27-13-14-7-2-1-3-8-14;1-5(2,3)4/h1-3,7-8,15-16H,4-6,9-13,20H2,(H,21,26)(H,24,25);1H3,(H2,2,3,4)/t15-,16-;/m0./s1. The molecule has 2 amide bonds. The molecular weight excluding hydrogens is 440 g/mol. The minimum absolute atomic E-state index is 0.0951. The van der Waals surface area contributed by atoms with Gasteiger partial charge in [0.2, 0.25) is 15.9 Å². The Labute approximate surface area is 188 Å². The van der Waals surface area contributed by atoms with Crippen molar-refractivity contribution in [3.05, 3.63) is 35.9 Å². The van der Waals surface area contributed by atoms with Crippen molar-refractivity contribution in [1.82, 2.24) is 10.2 Å². The fourth-order valence-corrected chi connectivity index (χ4v) is 3.14. The van der Waals surface area contributed by atoms with Crippen LogP contribution in [0.1, 0.15) is 37.7 Å². The van der Waals surface area contributed by atoms with Crippen LogP contribution in [0.15, 0.2) is 30.3 Å². The van der Waals surface area contributed by atoms with Crippen molar-refractivity contribution >= 4 is 28.0 Å². The molecule has 0 radical (unpaired) electrons. The summed E-state index contributed by atoms with van der Waals surface area (Å²) in [6.45, 7) is 0.961. The van der Waals surface area contributed by atoms with Crippen molar-refractivity contribution < 1.29 is 32.6 Å². The van der Waals surface area contributed by atoms with Gasteiger partial charge in [0.1, 0.15) is 18.7 Å². The van der Waals surface area contributed by atoms with E-state index in [9.17, 15) is 27.9 Å². The molecule has 180 valence electrons. The lowest BCUT2D eigenvalue weighted by atomic mass is 10.1. The van der Waals surface area contributed by atoms with E-state index in [-0.39, 0.29) is 12.5 Å². The number of rotatable bonds is 9. The quantitative estimate of drug-likeness (QED) is 0.372. The number of hydrogen-bond donors (Lipinski definition) is 4. The Bertz CT molecular complexity index is 841. The van der Waals surface area contributed by atoms with Crippen molar-refractivity contribution in [2.75, 3.05) is 19.3 Å². The summed E-state index contributed by atoms with van der Waals surface area (Å²) in [7, 11) is -3.17. The predicted octanol–water partition coefficient (Wildman–Crippen LogP) is 0.391. The van der Waals surface area contributed by atoms with Gasteiger partial charge in [0.25, 0.3) is 0 Å². The lowest BCUT2D eigenvalue weighted by Gasteiger charge is -2.27. The van der Waals surface area contributed by atoms with Crippen LogP contribution in [0.2, 0.25) is 0 Å². The maximum Gasteiger partial charge on any atom is 0.408 e. The zero-order chi connectivity index (χ0) is 24.1. The van der Waals surface area contributed by atoms with Gasteiger partial charge in [-0.1, -0.05) is 30.3 Å². The lowest BCUT2D eigenvalue weighted by molar-refractivity contribution is -0.149. The second-order valence-electron chi connectivity index (χ2n) is 7.40. The van der Waals surface area contributed by atoms with Crippen molar-refractivity contribution in [3.63, 3.8) is 0 Å². The van der Waals surface area contributed by atoms with Crippen LogP contribution in [-0.4, -0.2) is 67.8 Å². The molecule has 1 aromatic rings. The van der Waals surface area contributed by atoms with E-state index in [4.69, 9.17) is 10.5 Å². The molecule has 32 heavy (non-hydrogen) atoms. The number of amides is 2. The van der Waals surface area contributed by atoms with Gasteiger partial charge < -0.3 is 25.8 Å². The first-order valence-corrected chi connectivity index (χ1v) is 12.2. The van der Waals surface area contributed by atoms with Gasteiger partial charge in [0, 0.05) is 6.54 Å². The Hall–Kier alpha value is -2.70. The Morgan fingerprint density at radius 3 is 2.44 bits per heavy atom. The van der Waals surface area contributed by atoms with Crippen LogP contribution >= 0.6 is 0 Å². The number of nitrogens with one attached hydrogen (secondary N) is 1. The molecule has 12 heteroatoms. The number of likely N-dealkylation sites (tertiary alicyclic amines) is 1. The fourth-order valence-electron chi connectivity index (χ4n) is 3.14. The molecule has 1 aromatic carbocycles. The molecule has 0 bridgehead atoms. The molecule has 0 spiro atoms. The highest BCUT2D eigenvalue weighted by Gasteiger charge is 2.37. The number of ether oxygens (including phenoxy) is 1. The number of hydrogen-bond acceptors (Lipinski definition) is 7. The zero-order valence-corrected chi connectivity index (χ0v) is 18.9. The van der Waals surface area contributed by atoms with Crippen molar-refractivity contribution in [2.24, 2.45) is 10.9 Å². The number of carbonyl (C=O) groups is 3. The van der Waals surface area contributed by atoms with E-state index in [0.717, 1.165) is 11.8 Å². The Kier molecular flexibility index (Phi) is 11.7. The third-order valence-corrected chi connectivity index (χ3v) is 4.57. The largest absolute Gasteiger partial charge is 0.480 e. The maximum atomic E-state index is 12.8. The first-order chi connectivity index (χ1) is 15.0. The summed E-state index contributed by atoms with van der Waals surface area (Å²) < 4.78 is 24.0. The van der Waals surface area contributed by atoms with E-state index in [1.54, 1.807) is 0 Å². The number of carboxylic acids is 1. The molecule has 11 nitrogen and oxygen atoms in total. The molecule has 2 atom stereocenters. The number of carboxylic acid groups (broad SMARTS) is 1. The Morgan fingerprint density at radius 2 is 1.88 bits per heavy atom. The number of nitrogens with two attached hydrogens (primary N) is 2. The van der Waals surface area contributed by atoms with Gasteiger partial charge in [-0.15, -0.1) is 0 Å². The van der Waals surface area contributed by atoms with Gasteiger partial charge in [-0.2, -0.15) is 0 Å². The number of primary sulfonamides is 1. The summed E-state index contributed by atoms with van der Waals surface area (Å²) in [4.78, 5) is 37.7. The van der Waals surface area contributed by atoms with E-state index in [2.05, 4.69) is 10.5 Å². The van der Waals surface area contributed by atoms with E-state index in [0.29, 0.717) is 45.2 Å². The summed E-state index contributed by atoms with van der Waals surface area (Å²) in [6.07, 6.45) is 3.05. The first-order valence-electron chi connectivity index (χ1n) is 10.2. The van der Waals surface area contributed by atoms with Gasteiger partial charge in [-0.05, 0) is 44.2 Å². The fraction of sp³-hybridized carbons (Fsp3) is 0.550. The molecule has 0 aliphatic carbocycles. The van der Waals surface area contributed by atoms with Gasteiger partial charge in [0.15, 0.2) is 0 Å². The second-order valence-corrected chi connectivity index (χ2v) is 9.06. The highest BCUT2D eigenvalue weighted by Crippen LogP contribution is 2.20. The summed E-state index contributed by atoms with van der Waals surface area (Å²) in [5, 5.41) is 16.2. The maximum absolute atomic E-state index is 12.8. The monoisotopic (exact) mass is 472 g/mol. The average Bonchev–Trinajstić information content (AvgIpc) is 3.21. The minimum atomic E-state index is -3.17. The molecule has 1 saturated heterocycles. The number of sulfonamides is 1. The number of alkyl carbamates (subject to hydrolysis) is 1. The Morgan fingerprint density at radius 1 is 1.25 bits per heavy atom. The molecule has 1 aliphatic heterocycles. The van der Waals surface area contributed by atoms with E-state index in [1.165, 1.54) is 4.90 Å². The van der Waals surface area contributed by atoms with Gasteiger partial charge in [-0.25, -0.2) is 23.1 Å². The molecule has 1 heterocycles. The molecule has 0 aromatic heterocycles. The normalized spacial score (nSPS) is 16.5. The van der Waals surface area contributed by atoms with Crippen LogP contribution in [0.25, 0.3) is 0 Å². The van der Waals surface area contributed by atoms with Crippen LogP contribution in [-0.2, 0) is 31.0 Å². The Balaban J connectivity index is 0.000000920. The van der Waals surface area contributed by atoms with E-state index >= 15 is 0 Å². The summed E-state index contributed by atoms with van der Waals surface area (Å²) >= 11 is 0. The summed E-state index contributed by atoms with van der Waals surface area (Å²) in [6, 6.07) is 7.56. The van der Waals surface area contributed by atoms with Crippen LogP contribution in [0, 0.1) is 0 Å². The topological polar surface area (TPSA) is 182 Å². The predicted molar refractivity (Wildman–Crippen MR) is 118 cm³/mol. The number of aliphatic carboxylic acids is 1. The number of unbranched alkanes of at least 4 members (excludes halogenated alkanes) is 1. The molecule has 0 unspecified atom stereocenters.